The first kappa shape index (κ1) is 10.0. The Kier molecular flexibility index (Phi) is 6.48. The van der Waals surface area contributed by atoms with E-state index < -0.39 is 0 Å². The van der Waals surface area contributed by atoms with Crippen molar-refractivity contribution in [3.63, 3.8) is 0 Å². The van der Waals surface area contributed by atoms with E-state index in [0.29, 0.717) is 13.2 Å². The van der Waals surface area contributed by atoms with Crippen molar-refractivity contribution < 1.29 is 9.53 Å². The molecule has 0 aromatic rings. The molecule has 0 saturated heterocycles. The van der Waals surface area contributed by atoms with Crippen molar-refractivity contribution in [2.75, 3.05) is 13.2 Å². The lowest BCUT2D eigenvalue weighted by Crippen LogP contribution is -2.24. The highest BCUT2D eigenvalue weighted by Crippen LogP contribution is 1.81. The maximum absolute atomic E-state index is 10.6. The summed E-state index contributed by atoms with van der Waals surface area (Å²) >= 11 is 0. The van der Waals surface area contributed by atoms with Gasteiger partial charge < -0.3 is 10.1 Å². The second kappa shape index (κ2) is 7.12. The molecule has 0 fully saturated rings. The largest absolute Gasteiger partial charge is 0.450 e. The summed E-state index contributed by atoms with van der Waals surface area (Å²) in [5.74, 6) is 0. The molecule has 3 nitrogen and oxygen atoms in total. The van der Waals surface area contributed by atoms with Gasteiger partial charge in [0.15, 0.2) is 0 Å². The Morgan fingerprint density at radius 3 is 2.91 bits per heavy atom. The number of alkyl carbamates (subject to hydrolysis) is 1. The first-order valence-corrected chi connectivity index (χ1v) is 3.83. The third-order valence-electron chi connectivity index (χ3n) is 1.09. The first-order valence-electron chi connectivity index (χ1n) is 3.83. The topological polar surface area (TPSA) is 38.3 Å². The van der Waals surface area contributed by atoms with Crippen molar-refractivity contribution in [3.8, 4) is 0 Å². The van der Waals surface area contributed by atoms with Gasteiger partial charge in [0.1, 0.15) is 0 Å². The number of rotatable bonds is 4. The number of carbonyl (C=O) groups excluding carboxylic acids is 1. The molecule has 0 aromatic heterocycles. The predicted octanol–water partition coefficient (Wildman–Crippen LogP) is 1.70. The molecule has 1 amide bonds. The standard InChI is InChI=1S/C8H15NO2/c1-3-5-6-7-9-8(10)11-4-2/h3,5H,4,6-7H2,1-2H3,(H,9,10)/b5-3+. The van der Waals surface area contributed by atoms with Crippen molar-refractivity contribution in [1.29, 1.82) is 0 Å². The van der Waals surface area contributed by atoms with Gasteiger partial charge in [0.2, 0.25) is 0 Å². The summed E-state index contributed by atoms with van der Waals surface area (Å²) in [5.41, 5.74) is 0. The molecule has 3 heteroatoms. The van der Waals surface area contributed by atoms with E-state index in [-0.39, 0.29) is 6.09 Å². The maximum atomic E-state index is 10.6. The summed E-state index contributed by atoms with van der Waals surface area (Å²) in [6.07, 6.45) is 4.46. The highest BCUT2D eigenvalue weighted by Gasteiger charge is 1.95. The molecule has 0 aliphatic rings. The maximum Gasteiger partial charge on any atom is 0.407 e. The number of hydrogen-bond acceptors (Lipinski definition) is 2. The summed E-state index contributed by atoms with van der Waals surface area (Å²) in [4.78, 5) is 10.6. The SMILES string of the molecule is C/C=C/CCNC(=O)OCC. The van der Waals surface area contributed by atoms with Gasteiger partial charge in [-0.3, -0.25) is 0 Å². The minimum Gasteiger partial charge on any atom is -0.450 e. The number of carbonyl (C=O) groups is 1. The molecule has 0 bridgehead atoms. The zero-order chi connectivity index (χ0) is 8.53. The lowest BCUT2D eigenvalue weighted by Gasteiger charge is -2.01. The van der Waals surface area contributed by atoms with Crippen LogP contribution in [0.4, 0.5) is 4.79 Å². The van der Waals surface area contributed by atoms with Gasteiger partial charge in [-0.25, -0.2) is 4.79 Å². The van der Waals surface area contributed by atoms with Crippen LogP contribution in [0.1, 0.15) is 20.3 Å². The fourth-order valence-electron chi connectivity index (χ4n) is 0.606. The smallest absolute Gasteiger partial charge is 0.407 e. The molecule has 0 aliphatic heterocycles. The molecule has 0 unspecified atom stereocenters. The van der Waals surface area contributed by atoms with Gasteiger partial charge in [0.05, 0.1) is 6.61 Å². The van der Waals surface area contributed by atoms with E-state index in [2.05, 4.69) is 10.1 Å². The minimum atomic E-state index is -0.336. The van der Waals surface area contributed by atoms with Gasteiger partial charge in [-0.2, -0.15) is 0 Å². The fourth-order valence-corrected chi connectivity index (χ4v) is 0.606. The van der Waals surface area contributed by atoms with Crippen LogP contribution in [0.15, 0.2) is 12.2 Å². The van der Waals surface area contributed by atoms with Gasteiger partial charge in [-0.05, 0) is 20.3 Å². The fraction of sp³-hybridized carbons (Fsp3) is 0.625. The second-order valence-corrected chi connectivity index (χ2v) is 2.00. The second-order valence-electron chi connectivity index (χ2n) is 2.00. The molecule has 0 spiro atoms. The van der Waals surface area contributed by atoms with Crippen LogP contribution in [-0.4, -0.2) is 19.2 Å². The Labute approximate surface area is 67.4 Å². The van der Waals surface area contributed by atoms with Crippen molar-refractivity contribution in [1.82, 2.24) is 5.32 Å². The van der Waals surface area contributed by atoms with Gasteiger partial charge in [-0.1, -0.05) is 12.2 Å². The Hall–Kier alpha value is -0.990. The van der Waals surface area contributed by atoms with Crippen molar-refractivity contribution in [2.45, 2.75) is 20.3 Å². The molecule has 0 rings (SSSR count). The monoisotopic (exact) mass is 157 g/mol. The summed E-state index contributed by atoms with van der Waals surface area (Å²) in [7, 11) is 0. The molecule has 0 atom stereocenters. The van der Waals surface area contributed by atoms with E-state index >= 15 is 0 Å². The van der Waals surface area contributed by atoms with Crippen molar-refractivity contribution in [3.05, 3.63) is 12.2 Å². The molecular weight excluding hydrogens is 142 g/mol. The molecular formula is C8H15NO2. The zero-order valence-corrected chi connectivity index (χ0v) is 7.09. The third-order valence-corrected chi connectivity index (χ3v) is 1.09. The molecule has 1 N–H and O–H groups in total. The van der Waals surface area contributed by atoms with Gasteiger partial charge in [0, 0.05) is 6.54 Å². The van der Waals surface area contributed by atoms with E-state index in [1.54, 1.807) is 6.92 Å². The zero-order valence-electron chi connectivity index (χ0n) is 7.09. The molecule has 0 heterocycles. The van der Waals surface area contributed by atoms with Crippen LogP contribution in [0, 0.1) is 0 Å². The van der Waals surface area contributed by atoms with Crippen molar-refractivity contribution in [2.24, 2.45) is 0 Å². The number of hydrogen-bond donors (Lipinski definition) is 1. The average Bonchev–Trinajstić information content (AvgIpc) is 1.99. The van der Waals surface area contributed by atoms with E-state index in [4.69, 9.17) is 0 Å². The van der Waals surface area contributed by atoms with Crippen LogP contribution in [-0.2, 0) is 4.74 Å². The van der Waals surface area contributed by atoms with Crippen LogP contribution in [0.2, 0.25) is 0 Å². The summed E-state index contributed by atoms with van der Waals surface area (Å²) in [6, 6.07) is 0. The van der Waals surface area contributed by atoms with Gasteiger partial charge in [0.25, 0.3) is 0 Å². The van der Waals surface area contributed by atoms with E-state index in [9.17, 15) is 4.79 Å². The van der Waals surface area contributed by atoms with Crippen molar-refractivity contribution >= 4 is 6.09 Å². The van der Waals surface area contributed by atoms with Gasteiger partial charge >= 0.3 is 6.09 Å². The lowest BCUT2D eigenvalue weighted by molar-refractivity contribution is 0.152. The van der Waals surface area contributed by atoms with Crippen LogP contribution >= 0.6 is 0 Å². The minimum absolute atomic E-state index is 0.336. The highest BCUT2D eigenvalue weighted by atomic mass is 16.5. The highest BCUT2D eigenvalue weighted by molar-refractivity contribution is 5.66. The Bertz CT molecular complexity index is 132. The molecule has 0 aliphatic carbocycles. The molecule has 11 heavy (non-hydrogen) atoms. The predicted molar refractivity (Wildman–Crippen MR) is 44.5 cm³/mol. The Balaban J connectivity index is 3.17. The summed E-state index contributed by atoms with van der Waals surface area (Å²) < 4.78 is 4.65. The van der Waals surface area contributed by atoms with Gasteiger partial charge in [-0.15, -0.1) is 0 Å². The van der Waals surface area contributed by atoms with Crippen LogP contribution in [0.5, 0.6) is 0 Å². The Morgan fingerprint density at radius 1 is 1.64 bits per heavy atom. The van der Waals surface area contributed by atoms with Crippen LogP contribution < -0.4 is 5.32 Å². The average molecular weight is 157 g/mol. The number of allylic oxidation sites excluding steroid dienone is 1. The first-order chi connectivity index (χ1) is 5.31. The number of ether oxygens (including phenoxy) is 1. The normalized spacial score (nSPS) is 10.0. The quantitative estimate of drug-likeness (QED) is 0.498. The van der Waals surface area contributed by atoms with E-state index in [0.717, 1.165) is 6.42 Å². The van der Waals surface area contributed by atoms with Crippen LogP contribution in [0.25, 0.3) is 0 Å². The molecule has 0 saturated carbocycles. The summed E-state index contributed by atoms with van der Waals surface area (Å²) in [6.45, 7) is 4.80. The molecule has 64 valence electrons. The number of nitrogens with one attached hydrogen (secondary N) is 1. The third kappa shape index (κ3) is 6.90. The Morgan fingerprint density at radius 2 is 2.36 bits per heavy atom. The number of amides is 1. The molecule has 0 aromatic carbocycles. The lowest BCUT2D eigenvalue weighted by atomic mass is 10.4. The van der Waals surface area contributed by atoms with E-state index in [1.165, 1.54) is 0 Å². The molecule has 0 radical (unpaired) electrons. The van der Waals surface area contributed by atoms with Crippen LogP contribution in [0.3, 0.4) is 0 Å². The van der Waals surface area contributed by atoms with E-state index in [1.807, 2.05) is 19.1 Å². The summed E-state index contributed by atoms with van der Waals surface area (Å²) in [5, 5.41) is 2.61.